The van der Waals surface area contributed by atoms with Crippen molar-refractivity contribution in [2.45, 2.75) is 5.41 Å². The first-order valence-corrected chi connectivity index (χ1v) is 15.1. The van der Waals surface area contributed by atoms with Gasteiger partial charge in [-0.25, -0.2) is 0 Å². The Bertz CT molecular complexity index is 2400. The van der Waals surface area contributed by atoms with Crippen LogP contribution < -0.4 is 0 Å². The molecule has 0 fully saturated rings. The molecule has 0 saturated heterocycles. The second kappa shape index (κ2) is 8.31. The summed E-state index contributed by atoms with van der Waals surface area (Å²) in [5.74, 6) is 0. The van der Waals surface area contributed by atoms with Gasteiger partial charge >= 0.3 is 0 Å². The summed E-state index contributed by atoms with van der Waals surface area (Å²) in [6.45, 7) is 0. The maximum atomic E-state index is 2.40. The molecule has 10 rings (SSSR count). The van der Waals surface area contributed by atoms with Crippen LogP contribution in [0.15, 0.2) is 158 Å². The fraction of sp³-hybridized carbons (Fsp3) is 0.0233. The van der Waals surface area contributed by atoms with Gasteiger partial charge in [-0.1, -0.05) is 152 Å². The summed E-state index contributed by atoms with van der Waals surface area (Å²) in [6.07, 6.45) is 0. The summed E-state index contributed by atoms with van der Waals surface area (Å²) < 4.78 is 0. The molecule has 43 heavy (non-hydrogen) atoms. The van der Waals surface area contributed by atoms with Crippen molar-refractivity contribution < 1.29 is 0 Å². The van der Waals surface area contributed by atoms with Crippen molar-refractivity contribution in [2.24, 2.45) is 0 Å². The molecule has 0 heteroatoms. The van der Waals surface area contributed by atoms with Gasteiger partial charge in [0.25, 0.3) is 0 Å². The highest BCUT2D eigenvalue weighted by Crippen LogP contribution is 2.63. The summed E-state index contributed by atoms with van der Waals surface area (Å²) in [5.41, 5.74) is 13.0. The van der Waals surface area contributed by atoms with E-state index < -0.39 is 5.41 Å². The van der Waals surface area contributed by atoms with E-state index in [9.17, 15) is 0 Å². The number of fused-ring (bicyclic) bond motifs is 12. The van der Waals surface area contributed by atoms with Crippen molar-refractivity contribution >= 4 is 32.3 Å². The Morgan fingerprint density at radius 2 is 0.930 bits per heavy atom. The van der Waals surface area contributed by atoms with Gasteiger partial charge in [-0.05, 0) is 94.0 Å². The van der Waals surface area contributed by atoms with E-state index in [0.717, 1.165) is 0 Å². The lowest BCUT2D eigenvalue weighted by Crippen LogP contribution is -2.32. The molecule has 2 aliphatic carbocycles. The van der Waals surface area contributed by atoms with Crippen LogP contribution in [0.4, 0.5) is 0 Å². The monoisotopic (exact) mass is 542 g/mol. The Balaban J connectivity index is 1.37. The van der Waals surface area contributed by atoms with E-state index in [1.165, 1.54) is 88.0 Å². The molecule has 0 aliphatic heterocycles. The van der Waals surface area contributed by atoms with Crippen LogP contribution in [0.5, 0.6) is 0 Å². The Morgan fingerprint density at radius 1 is 0.326 bits per heavy atom. The minimum atomic E-state index is -0.406. The van der Waals surface area contributed by atoms with Crippen molar-refractivity contribution in [1.82, 2.24) is 0 Å². The van der Waals surface area contributed by atoms with Crippen LogP contribution in [-0.4, -0.2) is 0 Å². The van der Waals surface area contributed by atoms with E-state index in [4.69, 9.17) is 0 Å². The van der Waals surface area contributed by atoms with E-state index in [2.05, 4.69) is 158 Å². The first kappa shape index (κ1) is 23.1. The van der Waals surface area contributed by atoms with E-state index in [0.29, 0.717) is 0 Å². The van der Waals surface area contributed by atoms with Gasteiger partial charge in [0.05, 0.1) is 5.41 Å². The van der Waals surface area contributed by atoms with Gasteiger partial charge in [0.1, 0.15) is 0 Å². The average molecular weight is 543 g/mol. The lowest BCUT2D eigenvalue weighted by atomic mass is 9.60. The summed E-state index contributed by atoms with van der Waals surface area (Å²) in [5, 5.41) is 7.83. The molecular weight excluding hydrogens is 516 g/mol. The Morgan fingerprint density at radius 3 is 1.74 bits per heavy atom. The third-order valence-corrected chi connectivity index (χ3v) is 10.0. The van der Waals surface area contributed by atoms with Crippen LogP contribution in [0, 0.1) is 0 Å². The SMILES string of the molecule is c1ccc2c(c1)-c1ccccc1C21c2c(ccc3cc(-c4cccc5ccccc45)ccc23)-c2cccc3cccc1c23. The van der Waals surface area contributed by atoms with Crippen LogP contribution in [0.2, 0.25) is 0 Å². The van der Waals surface area contributed by atoms with Crippen LogP contribution in [-0.2, 0) is 5.41 Å². The molecule has 1 spiro atoms. The normalized spacial score (nSPS) is 13.8. The largest absolute Gasteiger partial charge is 0.0731 e. The molecule has 8 aromatic carbocycles. The van der Waals surface area contributed by atoms with Crippen LogP contribution in [0.3, 0.4) is 0 Å². The zero-order chi connectivity index (χ0) is 28.1. The van der Waals surface area contributed by atoms with E-state index in [1.54, 1.807) is 0 Å². The molecule has 2 aliphatic rings. The lowest BCUT2D eigenvalue weighted by Gasteiger charge is -2.41. The van der Waals surface area contributed by atoms with Gasteiger partial charge < -0.3 is 0 Å². The first-order valence-electron chi connectivity index (χ1n) is 15.1. The van der Waals surface area contributed by atoms with Crippen LogP contribution in [0.25, 0.3) is 65.7 Å². The smallest absolute Gasteiger partial charge is 0.0619 e. The van der Waals surface area contributed by atoms with Gasteiger partial charge in [0, 0.05) is 0 Å². The number of rotatable bonds is 1. The van der Waals surface area contributed by atoms with E-state index in [1.807, 2.05) is 0 Å². The van der Waals surface area contributed by atoms with Crippen LogP contribution in [0.1, 0.15) is 22.3 Å². The lowest BCUT2D eigenvalue weighted by molar-refractivity contribution is 0.781. The number of hydrogen-bond donors (Lipinski definition) is 0. The Labute approximate surface area is 250 Å². The number of benzene rings is 8. The molecule has 0 nitrogen and oxygen atoms in total. The molecule has 0 unspecified atom stereocenters. The molecule has 0 radical (unpaired) electrons. The second-order valence-electron chi connectivity index (χ2n) is 12.0. The molecule has 0 heterocycles. The topological polar surface area (TPSA) is 0 Å². The summed E-state index contributed by atoms with van der Waals surface area (Å²) in [6, 6.07) is 59.1. The Hall–Kier alpha value is -5.46. The summed E-state index contributed by atoms with van der Waals surface area (Å²) in [7, 11) is 0. The van der Waals surface area contributed by atoms with Gasteiger partial charge in [-0.3, -0.25) is 0 Å². The van der Waals surface area contributed by atoms with Gasteiger partial charge in [0.15, 0.2) is 0 Å². The fourth-order valence-electron chi connectivity index (χ4n) is 8.41. The van der Waals surface area contributed by atoms with Gasteiger partial charge in [-0.15, -0.1) is 0 Å². The van der Waals surface area contributed by atoms with Crippen molar-refractivity contribution in [1.29, 1.82) is 0 Å². The second-order valence-corrected chi connectivity index (χ2v) is 12.0. The molecule has 0 atom stereocenters. The first-order chi connectivity index (χ1) is 21.3. The molecular formula is C43H26. The van der Waals surface area contributed by atoms with E-state index >= 15 is 0 Å². The molecule has 198 valence electrons. The summed E-state index contributed by atoms with van der Waals surface area (Å²) in [4.78, 5) is 0. The third-order valence-electron chi connectivity index (χ3n) is 10.0. The van der Waals surface area contributed by atoms with Crippen molar-refractivity contribution in [2.75, 3.05) is 0 Å². The predicted octanol–water partition coefficient (Wildman–Crippen LogP) is 11.2. The Kier molecular flexibility index (Phi) is 4.47. The molecule has 0 bridgehead atoms. The van der Waals surface area contributed by atoms with Crippen molar-refractivity contribution in [3.05, 3.63) is 180 Å². The number of hydrogen-bond acceptors (Lipinski definition) is 0. The molecule has 8 aromatic rings. The maximum Gasteiger partial charge on any atom is 0.0731 e. The third kappa shape index (κ3) is 2.86. The molecule has 0 N–H and O–H groups in total. The quantitative estimate of drug-likeness (QED) is 0.193. The summed E-state index contributed by atoms with van der Waals surface area (Å²) >= 11 is 0. The molecule has 0 saturated carbocycles. The average Bonchev–Trinajstić information content (AvgIpc) is 3.37. The van der Waals surface area contributed by atoms with Crippen molar-refractivity contribution in [3.63, 3.8) is 0 Å². The van der Waals surface area contributed by atoms with Crippen molar-refractivity contribution in [3.8, 4) is 33.4 Å². The molecule has 0 aromatic heterocycles. The minimum absolute atomic E-state index is 0.406. The minimum Gasteiger partial charge on any atom is -0.0619 e. The van der Waals surface area contributed by atoms with E-state index in [-0.39, 0.29) is 0 Å². The fourth-order valence-corrected chi connectivity index (χ4v) is 8.41. The highest BCUT2D eigenvalue weighted by atomic mass is 14.5. The van der Waals surface area contributed by atoms with Crippen LogP contribution >= 0.6 is 0 Å². The highest BCUT2D eigenvalue weighted by molar-refractivity contribution is 6.11. The zero-order valence-corrected chi connectivity index (χ0v) is 23.5. The predicted molar refractivity (Wildman–Crippen MR) is 181 cm³/mol. The van der Waals surface area contributed by atoms with Gasteiger partial charge in [-0.2, -0.15) is 0 Å². The zero-order valence-electron chi connectivity index (χ0n) is 23.5. The maximum absolute atomic E-state index is 2.40. The molecule has 0 amide bonds. The highest BCUT2D eigenvalue weighted by Gasteiger charge is 2.50. The standard InChI is InChI=1S/C43H26/c1-2-14-31-27(10-1)11-7-17-32(31)29-22-24-33-30(26-29)23-25-37-36-18-8-12-28-13-9-21-40(41(28)36)43(42(33)37)38-19-5-3-15-34(38)35-16-4-6-20-39(35)43/h1-26H. The van der Waals surface area contributed by atoms with Gasteiger partial charge in [0.2, 0.25) is 0 Å².